The van der Waals surface area contributed by atoms with Crippen LogP contribution in [0.5, 0.6) is 0 Å². The van der Waals surface area contributed by atoms with E-state index in [2.05, 4.69) is 58.3 Å². The molecule has 0 saturated heterocycles. The van der Waals surface area contributed by atoms with E-state index in [4.69, 9.17) is 15.7 Å². The zero-order valence-electron chi connectivity index (χ0n) is 23.0. The predicted octanol–water partition coefficient (Wildman–Crippen LogP) is 5.27. The van der Waals surface area contributed by atoms with Gasteiger partial charge < -0.3 is 31.2 Å². The van der Waals surface area contributed by atoms with Gasteiger partial charge in [-0.3, -0.25) is 4.79 Å². The van der Waals surface area contributed by atoms with E-state index in [0.717, 1.165) is 37.0 Å². The first-order valence-corrected chi connectivity index (χ1v) is 13.5. The van der Waals surface area contributed by atoms with Crippen molar-refractivity contribution >= 4 is 45.9 Å². The number of nitrogens with two attached hydrogens (primary N) is 1. The molecule has 39 heavy (non-hydrogen) atoms. The second-order valence-corrected chi connectivity index (χ2v) is 10.7. The molecule has 204 valence electrons. The van der Waals surface area contributed by atoms with Crippen LogP contribution in [0.3, 0.4) is 0 Å². The molecule has 1 aliphatic rings. The molecule has 1 amide bonds. The van der Waals surface area contributed by atoms with Gasteiger partial charge in [-0.25, -0.2) is 4.98 Å². The molecular formula is C29H37N9O. The molecule has 4 aromatic rings. The van der Waals surface area contributed by atoms with Crippen molar-refractivity contribution in [3.63, 3.8) is 0 Å². The molecule has 0 radical (unpaired) electrons. The fourth-order valence-corrected chi connectivity index (χ4v) is 5.01. The quantitative estimate of drug-likeness (QED) is 0.228. The second kappa shape index (κ2) is 11.3. The third-order valence-electron chi connectivity index (χ3n) is 7.29. The number of nitrogens with zero attached hydrogens (tertiary/aromatic N) is 5. The van der Waals surface area contributed by atoms with Crippen LogP contribution in [-0.2, 0) is 0 Å². The normalized spacial score (nSPS) is 17.5. The van der Waals surface area contributed by atoms with Crippen LogP contribution in [0.2, 0.25) is 0 Å². The summed E-state index contributed by atoms with van der Waals surface area (Å²) in [5.41, 5.74) is 9.81. The Hall–Kier alpha value is -4.18. The van der Waals surface area contributed by atoms with Crippen LogP contribution < -0.4 is 21.7 Å². The maximum Gasteiger partial charge on any atom is 0.255 e. The predicted molar refractivity (Wildman–Crippen MR) is 158 cm³/mol. The highest BCUT2D eigenvalue weighted by Gasteiger charge is 2.24. The molecule has 1 fully saturated rings. The van der Waals surface area contributed by atoms with Gasteiger partial charge in [0.15, 0.2) is 17.0 Å². The Morgan fingerprint density at radius 3 is 2.44 bits per heavy atom. The Bertz CT molecular complexity index is 1440. The van der Waals surface area contributed by atoms with Gasteiger partial charge in [0, 0.05) is 40.8 Å². The number of benzene rings is 2. The number of carbonyl (C=O) groups excluding carboxylic acids is 1. The number of rotatable bonds is 8. The van der Waals surface area contributed by atoms with Gasteiger partial charge in [-0.15, -0.1) is 0 Å². The molecule has 2 aromatic heterocycles. The standard InChI is InChI=1S/C29H37N9O/c1-18(2)38-17-31-25-26(35-29(36-27(25)38)34-21-12-14-24(15-13-21)37(3)4)32-22-6-5-7-23(16-22)33-28(39)19-8-10-20(30)11-9-19/h5-11,16-18,21,24H,12-15,30H2,1-4H3,(H,33,39)(H2,32,34,35,36). The summed E-state index contributed by atoms with van der Waals surface area (Å²) in [4.78, 5) is 29.4. The largest absolute Gasteiger partial charge is 0.399 e. The lowest BCUT2D eigenvalue weighted by Gasteiger charge is -2.33. The average molecular weight is 528 g/mol. The van der Waals surface area contributed by atoms with Gasteiger partial charge >= 0.3 is 0 Å². The molecule has 1 saturated carbocycles. The smallest absolute Gasteiger partial charge is 0.255 e. The number of hydrogen-bond donors (Lipinski definition) is 4. The SMILES string of the molecule is CC(C)n1cnc2c(Nc3cccc(NC(=O)c4ccc(N)cc4)c3)nc(NC3CCC(N(C)C)CC3)nc21. The highest BCUT2D eigenvalue weighted by molar-refractivity contribution is 6.04. The fraction of sp³-hybridized carbons (Fsp3) is 0.379. The second-order valence-electron chi connectivity index (χ2n) is 10.7. The van der Waals surface area contributed by atoms with E-state index < -0.39 is 0 Å². The monoisotopic (exact) mass is 527 g/mol. The molecule has 0 bridgehead atoms. The van der Waals surface area contributed by atoms with Gasteiger partial charge in [0.05, 0.1) is 6.33 Å². The summed E-state index contributed by atoms with van der Waals surface area (Å²) in [5.74, 6) is 1.00. The number of aromatic nitrogens is 4. The number of amides is 1. The van der Waals surface area contributed by atoms with Crippen molar-refractivity contribution in [3.8, 4) is 0 Å². The Kier molecular flexibility index (Phi) is 7.65. The van der Waals surface area contributed by atoms with E-state index in [1.165, 1.54) is 0 Å². The van der Waals surface area contributed by atoms with Crippen molar-refractivity contribution in [2.75, 3.05) is 35.8 Å². The number of hydrogen-bond acceptors (Lipinski definition) is 8. The highest BCUT2D eigenvalue weighted by Crippen LogP contribution is 2.29. The van der Waals surface area contributed by atoms with Crippen molar-refractivity contribution < 1.29 is 4.79 Å². The number of imidazole rings is 1. The van der Waals surface area contributed by atoms with Gasteiger partial charge in [-0.05, 0) is 96.1 Å². The third kappa shape index (κ3) is 6.12. The summed E-state index contributed by atoms with van der Waals surface area (Å²) in [5, 5.41) is 9.95. The summed E-state index contributed by atoms with van der Waals surface area (Å²) < 4.78 is 2.06. The van der Waals surface area contributed by atoms with Gasteiger partial charge in [-0.1, -0.05) is 6.07 Å². The Morgan fingerprint density at radius 2 is 1.74 bits per heavy atom. The molecule has 10 nitrogen and oxygen atoms in total. The van der Waals surface area contributed by atoms with Crippen LogP contribution in [-0.4, -0.2) is 56.5 Å². The lowest BCUT2D eigenvalue weighted by Crippen LogP contribution is -2.36. The molecule has 0 spiro atoms. The zero-order chi connectivity index (χ0) is 27.5. The van der Waals surface area contributed by atoms with Gasteiger partial charge in [0.25, 0.3) is 5.91 Å². The summed E-state index contributed by atoms with van der Waals surface area (Å²) >= 11 is 0. The molecule has 10 heteroatoms. The van der Waals surface area contributed by atoms with E-state index in [-0.39, 0.29) is 11.9 Å². The van der Waals surface area contributed by atoms with Crippen molar-refractivity contribution in [2.45, 2.75) is 57.7 Å². The van der Waals surface area contributed by atoms with Crippen LogP contribution in [0, 0.1) is 0 Å². The minimum atomic E-state index is -0.206. The van der Waals surface area contributed by atoms with Crippen LogP contribution in [0.4, 0.5) is 28.8 Å². The summed E-state index contributed by atoms with van der Waals surface area (Å²) in [6.45, 7) is 4.22. The van der Waals surface area contributed by atoms with Crippen LogP contribution >= 0.6 is 0 Å². The van der Waals surface area contributed by atoms with E-state index in [1.807, 2.05) is 30.6 Å². The molecule has 2 aromatic carbocycles. The molecule has 1 aliphatic carbocycles. The first-order chi connectivity index (χ1) is 18.8. The van der Waals surface area contributed by atoms with Gasteiger partial charge in [0.1, 0.15) is 0 Å². The average Bonchev–Trinajstić information content (AvgIpc) is 3.34. The van der Waals surface area contributed by atoms with E-state index >= 15 is 0 Å². The molecule has 2 heterocycles. The molecule has 0 atom stereocenters. The van der Waals surface area contributed by atoms with Crippen LogP contribution in [0.15, 0.2) is 54.9 Å². The van der Waals surface area contributed by atoms with Crippen LogP contribution in [0.25, 0.3) is 11.2 Å². The Labute approximate surface area is 229 Å². The third-order valence-corrected chi connectivity index (χ3v) is 7.29. The Morgan fingerprint density at radius 1 is 1.03 bits per heavy atom. The van der Waals surface area contributed by atoms with Crippen molar-refractivity contribution in [2.24, 2.45) is 0 Å². The van der Waals surface area contributed by atoms with E-state index in [1.54, 1.807) is 24.3 Å². The first-order valence-electron chi connectivity index (χ1n) is 13.5. The van der Waals surface area contributed by atoms with Crippen LogP contribution in [0.1, 0.15) is 55.9 Å². The van der Waals surface area contributed by atoms with Gasteiger partial charge in [-0.2, -0.15) is 9.97 Å². The maximum atomic E-state index is 12.7. The molecule has 0 aliphatic heterocycles. The minimum absolute atomic E-state index is 0.202. The maximum absolute atomic E-state index is 12.7. The first kappa shape index (κ1) is 26.4. The molecule has 0 unspecified atom stereocenters. The number of nitrogens with one attached hydrogen (secondary N) is 3. The number of fused-ring (bicyclic) bond motifs is 1. The number of anilines is 5. The minimum Gasteiger partial charge on any atom is -0.399 e. The summed E-state index contributed by atoms with van der Waals surface area (Å²) in [6, 6.07) is 15.5. The summed E-state index contributed by atoms with van der Waals surface area (Å²) in [6.07, 6.45) is 6.26. The van der Waals surface area contributed by atoms with E-state index in [9.17, 15) is 4.79 Å². The molecular weight excluding hydrogens is 490 g/mol. The van der Waals surface area contributed by atoms with Crippen molar-refractivity contribution in [3.05, 3.63) is 60.4 Å². The fourth-order valence-electron chi connectivity index (χ4n) is 5.01. The number of carbonyl (C=O) groups is 1. The van der Waals surface area contributed by atoms with E-state index in [0.29, 0.717) is 46.3 Å². The lowest BCUT2D eigenvalue weighted by atomic mass is 9.91. The van der Waals surface area contributed by atoms with Crippen molar-refractivity contribution in [1.29, 1.82) is 0 Å². The zero-order valence-corrected chi connectivity index (χ0v) is 23.0. The van der Waals surface area contributed by atoms with Gasteiger partial charge in [0.2, 0.25) is 5.95 Å². The van der Waals surface area contributed by atoms with Crippen molar-refractivity contribution in [1.82, 2.24) is 24.4 Å². The number of nitrogen functional groups attached to an aromatic ring is 1. The molecule has 5 rings (SSSR count). The molecule has 5 N–H and O–H groups in total. The summed E-state index contributed by atoms with van der Waals surface area (Å²) in [7, 11) is 4.30. The topological polar surface area (TPSA) is 126 Å². The lowest BCUT2D eigenvalue weighted by molar-refractivity contribution is 0.102. The Balaban J connectivity index is 1.38. The highest BCUT2D eigenvalue weighted by atomic mass is 16.1.